The average Bonchev–Trinajstić information content (AvgIpc) is 3.23. The minimum Gasteiger partial charge on any atom is -0.389 e. The molecule has 1 aromatic carbocycles. The molecule has 0 bridgehead atoms. The number of pyridine rings is 1. The molecule has 0 aliphatic carbocycles. The number of carbonyl (C=O) groups excluding carboxylic acids is 1. The van der Waals surface area contributed by atoms with Gasteiger partial charge in [-0.1, -0.05) is 30.3 Å². The number of aliphatic hydroxyl groups is 1. The van der Waals surface area contributed by atoms with E-state index in [1.165, 1.54) is 5.56 Å². The molecule has 3 heterocycles. The number of anilines is 1. The number of likely N-dealkylation sites (tertiary alicyclic amines) is 1. The summed E-state index contributed by atoms with van der Waals surface area (Å²) in [4.78, 5) is 18.9. The quantitative estimate of drug-likeness (QED) is 0.503. The number of rotatable bonds is 7. The van der Waals surface area contributed by atoms with Crippen LogP contribution < -0.4 is 10.6 Å². The van der Waals surface area contributed by atoms with E-state index >= 15 is 0 Å². The van der Waals surface area contributed by atoms with Gasteiger partial charge in [-0.2, -0.15) is 0 Å². The number of amides is 2. The minimum absolute atomic E-state index is 0.188. The number of urea groups is 1. The van der Waals surface area contributed by atoms with Crippen molar-refractivity contribution in [3.8, 4) is 0 Å². The first-order chi connectivity index (χ1) is 14.6. The lowest BCUT2D eigenvalue weighted by Gasteiger charge is -2.38. The molecule has 0 atom stereocenters. The zero-order valence-electron chi connectivity index (χ0n) is 17.0. The van der Waals surface area contributed by atoms with Crippen LogP contribution in [0.2, 0.25) is 0 Å². The molecule has 4 rings (SSSR count). The average molecular weight is 425 g/mol. The zero-order valence-corrected chi connectivity index (χ0v) is 17.8. The summed E-state index contributed by atoms with van der Waals surface area (Å²) in [5.41, 5.74) is 2.28. The number of carbonyl (C=O) groups is 1. The van der Waals surface area contributed by atoms with Crippen LogP contribution in [0.25, 0.3) is 10.2 Å². The molecule has 3 aromatic rings. The van der Waals surface area contributed by atoms with Crippen molar-refractivity contribution in [3.05, 3.63) is 59.6 Å². The number of piperidine rings is 1. The normalized spacial score (nSPS) is 16.4. The predicted molar refractivity (Wildman–Crippen MR) is 122 cm³/mol. The molecule has 2 aromatic heterocycles. The van der Waals surface area contributed by atoms with E-state index < -0.39 is 5.60 Å². The van der Waals surface area contributed by atoms with Crippen LogP contribution in [0, 0.1) is 0 Å². The Balaban J connectivity index is 1.15. The zero-order chi connectivity index (χ0) is 20.8. The number of nitrogens with zero attached hydrogens (tertiary/aromatic N) is 2. The van der Waals surface area contributed by atoms with Crippen LogP contribution in [0.5, 0.6) is 0 Å². The molecule has 1 fully saturated rings. The van der Waals surface area contributed by atoms with Gasteiger partial charge in [0.2, 0.25) is 0 Å². The van der Waals surface area contributed by atoms with Gasteiger partial charge in [-0.15, -0.1) is 11.3 Å². The largest absolute Gasteiger partial charge is 0.389 e. The molecular weight excluding hydrogens is 396 g/mol. The lowest BCUT2D eigenvalue weighted by molar-refractivity contribution is -0.0206. The summed E-state index contributed by atoms with van der Waals surface area (Å²) in [5, 5.41) is 18.7. The monoisotopic (exact) mass is 424 g/mol. The Kier molecular flexibility index (Phi) is 6.62. The van der Waals surface area contributed by atoms with Crippen molar-refractivity contribution in [2.24, 2.45) is 0 Å². The van der Waals surface area contributed by atoms with E-state index in [9.17, 15) is 9.90 Å². The van der Waals surface area contributed by atoms with Gasteiger partial charge in [-0.05, 0) is 48.9 Å². The van der Waals surface area contributed by atoms with Crippen molar-refractivity contribution >= 4 is 33.3 Å². The first-order valence-corrected chi connectivity index (χ1v) is 11.4. The fraction of sp³-hybridized carbons (Fsp3) is 0.391. The lowest BCUT2D eigenvalue weighted by atomic mass is 9.85. The molecule has 1 saturated heterocycles. The topological polar surface area (TPSA) is 77.5 Å². The second-order valence-electron chi connectivity index (χ2n) is 7.96. The SMILES string of the molecule is O=C(NCCCN1CCC(O)(Cc2ccccc2)CC1)Nc1ccnc2ccsc12. The molecule has 1 aliphatic heterocycles. The second kappa shape index (κ2) is 9.55. The molecule has 0 radical (unpaired) electrons. The summed E-state index contributed by atoms with van der Waals surface area (Å²) in [6, 6.07) is 13.8. The third-order valence-electron chi connectivity index (χ3n) is 5.69. The smallest absolute Gasteiger partial charge is 0.319 e. The summed E-state index contributed by atoms with van der Waals surface area (Å²) in [6.45, 7) is 3.33. The van der Waals surface area contributed by atoms with Crippen LogP contribution >= 0.6 is 11.3 Å². The highest BCUT2D eigenvalue weighted by molar-refractivity contribution is 7.17. The fourth-order valence-corrected chi connectivity index (χ4v) is 4.81. The highest BCUT2D eigenvalue weighted by Gasteiger charge is 2.32. The number of hydrogen-bond acceptors (Lipinski definition) is 5. The third-order valence-corrected chi connectivity index (χ3v) is 6.63. The van der Waals surface area contributed by atoms with Crippen molar-refractivity contribution in [1.82, 2.24) is 15.2 Å². The van der Waals surface area contributed by atoms with Crippen molar-refractivity contribution < 1.29 is 9.90 Å². The third kappa shape index (κ3) is 5.36. The molecule has 0 saturated carbocycles. The number of fused-ring (bicyclic) bond motifs is 1. The van der Waals surface area contributed by atoms with E-state index in [4.69, 9.17) is 0 Å². The minimum atomic E-state index is -0.604. The Bertz CT molecular complexity index is 968. The second-order valence-corrected chi connectivity index (χ2v) is 8.87. The molecule has 0 unspecified atom stereocenters. The molecular formula is C23H28N4O2S. The van der Waals surface area contributed by atoms with Gasteiger partial charge in [0.1, 0.15) is 0 Å². The Morgan fingerprint density at radius 1 is 1.17 bits per heavy atom. The summed E-state index contributed by atoms with van der Waals surface area (Å²) >= 11 is 1.57. The Hall–Kier alpha value is -2.48. The van der Waals surface area contributed by atoms with Gasteiger partial charge in [0.05, 0.1) is 21.5 Å². The Labute approximate surface area is 180 Å². The summed E-state index contributed by atoms with van der Waals surface area (Å²) < 4.78 is 0.990. The van der Waals surface area contributed by atoms with Gasteiger partial charge in [0.15, 0.2) is 0 Å². The number of aromatic nitrogens is 1. The highest BCUT2D eigenvalue weighted by atomic mass is 32.1. The Morgan fingerprint density at radius 3 is 2.77 bits per heavy atom. The van der Waals surface area contributed by atoms with Crippen LogP contribution in [-0.4, -0.2) is 52.8 Å². The van der Waals surface area contributed by atoms with Crippen LogP contribution in [0.3, 0.4) is 0 Å². The number of nitrogens with one attached hydrogen (secondary N) is 2. The molecule has 1 aliphatic rings. The van der Waals surface area contributed by atoms with Crippen LogP contribution in [0.4, 0.5) is 10.5 Å². The maximum Gasteiger partial charge on any atom is 0.319 e. The van der Waals surface area contributed by atoms with E-state index in [0.29, 0.717) is 6.54 Å². The van der Waals surface area contributed by atoms with Gasteiger partial charge < -0.3 is 20.6 Å². The van der Waals surface area contributed by atoms with Gasteiger partial charge in [-0.25, -0.2) is 4.79 Å². The summed E-state index contributed by atoms with van der Waals surface area (Å²) in [7, 11) is 0. The highest BCUT2D eigenvalue weighted by Crippen LogP contribution is 2.27. The van der Waals surface area contributed by atoms with Crippen molar-refractivity contribution in [3.63, 3.8) is 0 Å². The maximum atomic E-state index is 12.2. The molecule has 30 heavy (non-hydrogen) atoms. The first kappa shape index (κ1) is 20.8. The molecule has 7 heteroatoms. The number of benzene rings is 1. The summed E-state index contributed by atoms with van der Waals surface area (Å²) in [5.74, 6) is 0. The van der Waals surface area contributed by atoms with E-state index in [1.807, 2.05) is 35.7 Å². The standard InChI is InChI=1S/C23H28N4O2S/c28-22(26-20-7-12-24-19-8-16-30-21(19)20)25-11-4-13-27-14-9-23(29,10-15-27)17-18-5-2-1-3-6-18/h1-3,5-8,12,16,29H,4,9-11,13-15,17H2,(H2,24,25,26,28). The van der Waals surface area contributed by atoms with Crippen LogP contribution in [0.1, 0.15) is 24.8 Å². The number of hydrogen-bond donors (Lipinski definition) is 3. The van der Waals surface area contributed by atoms with Gasteiger partial charge in [0, 0.05) is 32.3 Å². The maximum absolute atomic E-state index is 12.2. The van der Waals surface area contributed by atoms with E-state index in [0.717, 1.165) is 61.2 Å². The molecule has 2 amide bonds. The molecule has 158 valence electrons. The van der Waals surface area contributed by atoms with E-state index in [-0.39, 0.29) is 6.03 Å². The van der Waals surface area contributed by atoms with E-state index in [2.05, 4.69) is 32.7 Å². The first-order valence-electron chi connectivity index (χ1n) is 10.5. The predicted octanol–water partition coefficient (Wildman–Crippen LogP) is 3.88. The molecule has 6 nitrogen and oxygen atoms in total. The van der Waals surface area contributed by atoms with Crippen LogP contribution in [0.15, 0.2) is 54.0 Å². The fourth-order valence-electron chi connectivity index (χ4n) is 3.99. The van der Waals surface area contributed by atoms with Crippen molar-refractivity contribution in [2.45, 2.75) is 31.3 Å². The van der Waals surface area contributed by atoms with E-state index in [1.54, 1.807) is 17.5 Å². The van der Waals surface area contributed by atoms with Gasteiger partial charge in [0.25, 0.3) is 0 Å². The van der Waals surface area contributed by atoms with Gasteiger partial charge in [-0.3, -0.25) is 4.98 Å². The molecule has 3 N–H and O–H groups in total. The van der Waals surface area contributed by atoms with Crippen molar-refractivity contribution in [1.29, 1.82) is 0 Å². The summed E-state index contributed by atoms with van der Waals surface area (Å²) in [6.07, 6.45) is 4.88. The lowest BCUT2D eigenvalue weighted by Crippen LogP contribution is -2.46. The molecule has 0 spiro atoms. The Morgan fingerprint density at radius 2 is 1.97 bits per heavy atom. The number of thiophene rings is 1. The van der Waals surface area contributed by atoms with Crippen LogP contribution in [-0.2, 0) is 6.42 Å². The van der Waals surface area contributed by atoms with Crippen molar-refractivity contribution in [2.75, 3.05) is 31.5 Å². The van der Waals surface area contributed by atoms with Gasteiger partial charge >= 0.3 is 6.03 Å².